The summed E-state index contributed by atoms with van der Waals surface area (Å²) >= 11 is 4.36. The Balaban J connectivity index is 1.40. The largest absolute Gasteiger partial charge is 0.272 e. The molecule has 0 radical (unpaired) electrons. The molecule has 0 saturated heterocycles. The molecule has 0 atom stereocenters. The number of carbonyl (C=O) groups is 1. The van der Waals surface area contributed by atoms with Crippen molar-refractivity contribution in [1.29, 1.82) is 0 Å². The lowest BCUT2D eigenvalue weighted by molar-refractivity contribution is -0.384. The Labute approximate surface area is 185 Å². The molecule has 30 heavy (non-hydrogen) atoms. The van der Waals surface area contributed by atoms with E-state index in [0.717, 1.165) is 14.4 Å². The van der Waals surface area contributed by atoms with Crippen molar-refractivity contribution in [3.05, 3.63) is 75.3 Å². The lowest BCUT2D eigenvalue weighted by atomic mass is 10.2. The molecule has 0 aliphatic heterocycles. The van der Waals surface area contributed by atoms with Crippen LogP contribution in [0.5, 0.6) is 0 Å². The van der Waals surface area contributed by atoms with Crippen molar-refractivity contribution in [3.63, 3.8) is 0 Å². The SMILES string of the molecule is Cc1ccc(CSc2nnc(SCC(=O)N/N=C\c3ccc([N+](=O)[O-])cc3)s2)cc1. The highest BCUT2D eigenvalue weighted by Crippen LogP contribution is 2.30. The van der Waals surface area contributed by atoms with Gasteiger partial charge >= 0.3 is 0 Å². The molecule has 1 amide bonds. The molecular weight excluding hydrogens is 442 g/mol. The second kappa shape index (κ2) is 10.9. The molecule has 154 valence electrons. The van der Waals surface area contributed by atoms with E-state index in [-0.39, 0.29) is 17.3 Å². The van der Waals surface area contributed by atoms with E-state index in [2.05, 4.69) is 51.9 Å². The molecule has 3 aromatic rings. The van der Waals surface area contributed by atoms with Crippen molar-refractivity contribution in [3.8, 4) is 0 Å². The van der Waals surface area contributed by atoms with E-state index < -0.39 is 4.92 Å². The van der Waals surface area contributed by atoms with Crippen LogP contribution in [-0.4, -0.2) is 33.0 Å². The van der Waals surface area contributed by atoms with Crippen LogP contribution in [0.4, 0.5) is 5.69 Å². The second-order valence-corrected chi connectivity index (χ2v) is 9.46. The summed E-state index contributed by atoms with van der Waals surface area (Å²) in [5.74, 6) is 0.703. The highest BCUT2D eigenvalue weighted by molar-refractivity contribution is 8.03. The number of amides is 1. The first-order valence-electron chi connectivity index (χ1n) is 8.70. The summed E-state index contributed by atoms with van der Waals surface area (Å²) in [4.78, 5) is 22.1. The third-order valence-corrected chi connectivity index (χ3v) is 6.97. The predicted octanol–water partition coefficient (Wildman–Crippen LogP) is 4.29. The predicted molar refractivity (Wildman–Crippen MR) is 120 cm³/mol. The number of hydrogen-bond donors (Lipinski definition) is 1. The van der Waals surface area contributed by atoms with Gasteiger partial charge in [-0.05, 0) is 30.2 Å². The van der Waals surface area contributed by atoms with Crippen molar-refractivity contribution in [2.24, 2.45) is 5.10 Å². The summed E-state index contributed by atoms with van der Waals surface area (Å²) in [6.07, 6.45) is 1.43. The van der Waals surface area contributed by atoms with E-state index in [1.165, 1.54) is 52.6 Å². The van der Waals surface area contributed by atoms with Gasteiger partial charge in [-0.1, -0.05) is 64.7 Å². The minimum atomic E-state index is -0.472. The number of hydrogen-bond acceptors (Lipinski definition) is 9. The summed E-state index contributed by atoms with van der Waals surface area (Å²) < 4.78 is 1.57. The summed E-state index contributed by atoms with van der Waals surface area (Å²) in [5.41, 5.74) is 5.52. The minimum absolute atomic E-state index is 0.000964. The lowest BCUT2D eigenvalue weighted by Gasteiger charge is -1.99. The van der Waals surface area contributed by atoms with Gasteiger partial charge in [-0.3, -0.25) is 14.9 Å². The number of rotatable bonds is 9. The van der Waals surface area contributed by atoms with Crippen LogP contribution in [0.25, 0.3) is 0 Å². The second-order valence-electron chi connectivity index (χ2n) is 6.04. The molecule has 0 spiro atoms. The number of benzene rings is 2. The van der Waals surface area contributed by atoms with E-state index in [4.69, 9.17) is 0 Å². The van der Waals surface area contributed by atoms with E-state index in [9.17, 15) is 14.9 Å². The summed E-state index contributed by atoms with van der Waals surface area (Å²) in [6, 6.07) is 14.2. The Bertz CT molecular complexity index is 1040. The fraction of sp³-hybridized carbons (Fsp3) is 0.158. The molecule has 0 aliphatic rings. The molecular formula is C19H17N5O3S3. The zero-order valence-corrected chi connectivity index (χ0v) is 18.3. The molecule has 1 heterocycles. The molecule has 1 N–H and O–H groups in total. The van der Waals surface area contributed by atoms with Crippen LogP contribution in [0.3, 0.4) is 0 Å². The molecule has 8 nitrogen and oxygen atoms in total. The van der Waals surface area contributed by atoms with Crippen LogP contribution in [-0.2, 0) is 10.5 Å². The van der Waals surface area contributed by atoms with Gasteiger partial charge in [0.2, 0.25) is 0 Å². The van der Waals surface area contributed by atoms with Gasteiger partial charge in [-0.2, -0.15) is 5.10 Å². The molecule has 0 saturated carbocycles. The van der Waals surface area contributed by atoms with Crippen molar-refractivity contribution < 1.29 is 9.72 Å². The normalized spacial score (nSPS) is 11.0. The number of carbonyl (C=O) groups excluding carboxylic acids is 1. The van der Waals surface area contributed by atoms with Gasteiger partial charge in [-0.25, -0.2) is 5.43 Å². The number of nitrogens with zero attached hydrogens (tertiary/aromatic N) is 4. The first kappa shape index (κ1) is 21.9. The zero-order chi connectivity index (χ0) is 21.3. The first-order chi connectivity index (χ1) is 14.5. The van der Waals surface area contributed by atoms with Crippen molar-refractivity contribution >= 4 is 52.7 Å². The molecule has 0 bridgehead atoms. The maximum Gasteiger partial charge on any atom is 0.269 e. The van der Waals surface area contributed by atoms with E-state index in [1.807, 2.05) is 0 Å². The molecule has 0 aliphatic carbocycles. The van der Waals surface area contributed by atoms with Crippen molar-refractivity contribution in [1.82, 2.24) is 15.6 Å². The van der Waals surface area contributed by atoms with E-state index in [1.54, 1.807) is 23.9 Å². The number of thioether (sulfide) groups is 2. The highest BCUT2D eigenvalue weighted by atomic mass is 32.2. The number of non-ortho nitro benzene ring substituents is 1. The number of aryl methyl sites for hydroxylation is 1. The molecule has 2 aromatic carbocycles. The van der Waals surface area contributed by atoms with Crippen LogP contribution in [0.2, 0.25) is 0 Å². The van der Waals surface area contributed by atoms with Crippen molar-refractivity contribution in [2.45, 2.75) is 21.4 Å². The van der Waals surface area contributed by atoms with Gasteiger partial charge in [0.1, 0.15) is 0 Å². The highest BCUT2D eigenvalue weighted by Gasteiger charge is 2.09. The summed E-state index contributed by atoms with van der Waals surface area (Å²) in [7, 11) is 0. The van der Waals surface area contributed by atoms with Gasteiger partial charge < -0.3 is 0 Å². The minimum Gasteiger partial charge on any atom is -0.272 e. The maximum absolute atomic E-state index is 11.9. The Morgan fingerprint density at radius 1 is 1.13 bits per heavy atom. The monoisotopic (exact) mass is 459 g/mol. The Kier molecular flexibility index (Phi) is 7.94. The van der Waals surface area contributed by atoms with Crippen LogP contribution >= 0.6 is 34.9 Å². The van der Waals surface area contributed by atoms with Crippen LogP contribution in [0.15, 0.2) is 62.3 Å². The number of nitro groups is 1. The van der Waals surface area contributed by atoms with Gasteiger partial charge in [0.25, 0.3) is 11.6 Å². The fourth-order valence-corrected chi connectivity index (χ4v) is 4.93. The third kappa shape index (κ3) is 6.94. The number of nitrogens with one attached hydrogen (secondary N) is 1. The fourth-order valence-electron chi connectivity index (χ4n) is 2.16. The molecule has 1 aromatic heterocycles. The summed E-state index contributed by atoms with van der Waals surface area (Å²) in [6.45, 7) is 2.06. The van der Waals surface area contributed by atoms with Gasteiger partial charge in [0.15, 0.2) is 8.68 Å². The molecule has 3 rings (SSSR count). The smallest absolute Gasteiger partial charge is 0.269 e. The Morgan fingerprint density at radius 2 is 1.80 bits per heavy atom. The average Bonchev–Trinajstić information content (AvgIpc) is 3.20. The average molecular weight is 460 g/mol. The number of hydrazone groups is 1. The molecule has 0 fully saturated rings. The number of aromatic nitrogens is 2. The zero-order valence-electron chi connectivity index (χ0n) is 15.8. The molecule has 11 heteroatoms. The van der Waals surface area contributed by atoms with Crippen LogP contribution in [0, 0.1) is 17.0 Å². The van der Waals surface area contributed by atoms with Gasteiger partial charge in [0.05, 0.1) is 16.9 Å². The van der Waals surface area contributed by atoms with Crippen LogP contribution < -0.4 is 5.43 Å². The summed E-state index contributed by atoms with van der Waals surface area (Å²) in [5, 5.41) is 22.7. The van der Waals surface area contributed by atoms with Gasteiger partial charge in [-0.15, -0.1) is 10.2 Å². The number of nitro benzene ring substituents is 1. The Hall–Kier alpha value is -2.76. The molecule has 0 unspecified atom stereocenters. The van der Waals surface area contributed by atoms with Crippen molar-refractivity contribution in [2.75, 3.05) is 5.75 Å². The van der Waals surface area contributed by atoms with E-state index >= 15 is 0 Å². The van der Waals surface area contributed by atoms with Gasteiger partial charge in [0, 0.05) is 17.9 Å². The van der Waals surface area contributed by atoms with Crippen LogP contribution in [0.1, 0.15) is 16.7 Å². The van der Waals surface area contributed by atoms with E-state index in [0.29, 0.717) is 5.56 Å². The third-order valence-electron chi connectivity index (χ3n) is 3.70. The standard InChI is InChI=1S/C19H17N5O3S3/c1-13-2-4-15(5-3-13)11-28-18-22-23-19(30-18)29-12-17(25)21-20-10-14-6-8-16(9-7-14)24(26)27/h2-10H,11-12H2,1H3,(H,21,25)/b20-10-. The maximum atomic E-state index is 11.9. The first-order valence-corrected chi connectivity index (χ1v) is 11.5. The topological polar surface area (TPSA) is 110 Å². The quantitative estimate of drug-likeness (QED) is 0.220. The lowest BCUT2D eigenvalue weighted by Crippen LogP contribution is -2.19. The Morgan fingerprint density at radius 3 is 2.47 bits per heavy atom.